The molecular weight excluding hydrogens is 333 g/mol. The fraction of sp³-hybridized carbons (Fsp3) is 0.632. The molecule has 1 aromatic carbocycles. The molecule has 3 aliphatic rings. The number of hydrogen-bond acceptors (Lipinski definition) is 5. The summed E-state index contributed by atoms with van der Waals surface area (Å²) in [6, 6.07) is 6.97. The summed E-state index contributed by atoms with van der Waals surface area (Å²) in [5.74, 6) is 0.349. The fourth-order valence-corrected chi connectivity index (χ4v) is 4.35. The summed E-state index contributed by atoms with van der Waals surface area (Å²) in [7, 11) is 0. The van der Waals surface area contributed by atoms with Crippen LogP contribution in [0.3, 0.4) is 0 Å². The van der Waals surface area contributed by atoms with Crippen LogP contribution in [0.2, 0.25) is 0 Å². The van der Waals surface area contributed by atoms with Gasteiger partial charge in [0.15, 0.2) is 0 Å². The summed E-state index contributed by atoms with van der Waals surface area (Å²) in [4.78, 5) is 17.4. The quantitative estimate of drug-likeness (QED) is 0.724. The first-order valence-electron chi connectivity index (χ1n) is 9.68. The maximum atomic E-state index is 13.1. The number of nitrogens with zero attached hydrogens (tertiary/aromatic N) is 2. The number of rotatable bonds is 3. The number of carbonyl (C=O) groups excluding carboxylic acids is 1. The van der Waals surface area contributed by atoms with Crippen LogP contribution < -0.4 is 16.2 Å². The number of nitrogens with one attached hydrogen (secondary N) is 3. The number of amides is 1. The zero-order chi connectivity index (χ0) is 17.9. The Hall–Kier alpha value is -1.54. The molecule has 3 atom stereocenters. The Labute approximate surface area is 154 Å². The van der Waals surface area contributed by atoms with Crippen molar-refractivity contribution >= 4 is 5.91 Å². The van der Waals surface area contributed by atoms with Gasteiger partial charge in [0, 0.05) is 51.2 Å². The Balaban J connectivity index is 1.33. The van der Waals surface area contributed by atoms with E-state index in [4.69, 9.17) is 0 Å². The van der Waals surface area contributed by atoms with Crippen molar-refractivity contribution in [1.82, 2.24) is 26.0 Å². The molecule has 6 nitrogen and oxygen atoms in total. The van der Waals surface area contributed by atoms with E-state index in [1.54, 1.807) is 0 Å². The molecule has 26 heavy (non-hydrogen) atoms. The topological polar surface area (TPSA) is 59.6 Å². The first kappa shape index (κ1) is 17.9. The first-order chi connectivity index (χ1) is 12.7. The highest BCUT2D eigenvalue weighted by Gasteiger charge is 2.42. The molecule has 3 aliphatic heterocycles. The van der Waals surface area contributed by atoms with E-state index in [1.165, 1.54) is 12.1 Å². The lowest BCUT2D eigenvalue weighted by atomic mass is 9.89. The van der Waals surface area contributed by atoms with Crippen molar-refractivity contribution < 1.29 is 9.18 Å². The molecule has 1 amide bonds. The summed E-state index contributed by atoms with van der Waals surface area (Å²) in [5, 5.41) is 3.41. The van der Waals surface area contributed by atoms with E-state index >= 15 is 0 Å². The first-order valence-corrected chi connectivity index (χ1v) is 9.68. The summed E-state index contributed by atoms with van der Waals surface area (Å²) >= 11 is 0. The molecule has 0 spiro atoms. The van der Waals surface area contributed by atoms with E-state index in [9.17, 15) is 9.18 Å². The third kappa shape index (κ3) is 3.91. The number of piperidine rings is 1. The average molecular weight is 361 g/mol. The van der Waals surface area contributed by atoms with Crippen LogP contribution in [0.1, 0.15) is 18.4 Å². The molecule has 0 bridgehead atoms. The molecule has 0 saturated carbocycles. The van der Waals surface area contributed by atoms with Crippen molar-refractivity contribution in [2.45, 2.75) is 31.5 Å². The van der Waals surface area contributed by atoms with Crippen LogP contribution >= 0.6 is 0 Å². The van der Waals surface area contributed by atoms with Crippen molar-refractivity contribution in [3.05, 3.63) is 35.6 Å². The minimum Gasteiger partial charge on any atom is -0.340 e. The van der Waals surface area contributed by atoms with E-state index in [0.29, 0.717) is 12.0 Å². The largest absolute Gasteiger partial charge is 0.340 e. The molecule has 3 unspecified atom stereocenters. The van der Waals surface area contributed by atoms with Crippen LogP contribution in [0.25, 0.3) is 0 Å². The number of hydrogen-bond donors (Lipinski definition) is 3. The molecule has 3 saturated heterocycles. The third-order valence-corrected chi connectivity index (χ3v) is 5.87. The predicted octanol–water partition coefficient (Wildman–Crippen LogP) is 0.315. The lowest BCUT2D eigenvalue weighted by Gasteiger charge is -2.30. The van der Waals surface area contributed by atoms with Gasteiger partial charge in [0.1, 0.15) is 11.9 Å². The summed E-state index contributed by atoms with van der Waals surface area (Å²) < 4.78 is 13.1. The van der Waals surface area contributed by atoms with Gasteiger partial charge >= 0.3 is 0 Å². The lowest BCUT2D eigenvalue weighted by molar-refractivity contribution is -0.134. The number of carbonyl (C=O) groups is 1. The molecule has 3 heterocycles. The lowest BCUT2D eigenvalue weighted by Crippen LogP contribution is -2.51. The van der Waals surface area contributed by atoms with Crippen LogP contribution in [0, 0.1) is 11.7 Å². The highest BCUT2D eigenvalue weighted by Crippen LogP contribution is 2.22. The van der Waals surface area contributed by atoms with Gasteiger partial charge in [0.05, 0.1) is 0 Å². The van der Waals surface area contributed by atoms with Crippen LogP contribution in [-0.4, -0.2) is 67.1 Å². The molecule has 0 aromatic heterocycles. The second-order valence-electron chi connectivity index (χ2n) is 7.61. The van der Waals surface area contributed by atoms with Gasteiger partial charge in [0.25, 0.3) is 0 Å². The normalized spacial score (nSPS) is 30.0. The monoisotopic (exact) mass is 361 g/mol. The Morgan fingerprint density at radius 3 is 2.81 bits per heavy atom. The van der Waals surface area contributed by atoms with Crippen LogP contribution in [-0.2, 0) is 11.3 Å². The second-order valence-corrected chi connectivity index (χ2v) is 7.61. The van der Waals surface area contributed by atoms with Crippen LogP contribution in [0.4, 0.5) is 4.39 Å². The standard InChI is InChI=1S/C19H28FN5O/c20-15-4-2-14(3-5-15)13-24-8-1-9-25(11-10-24)19(26)18-16-12-21-7-6-17(16)22-23-18/h2-5,16-18,21-23H,1,6-13H2. The highest BCUT2D eigenvalue weighted by molar-refractivity contribution is 5.82. The molecular formula is C19H28FN5O. The number of fused-ring (bicyclic) bond motifs is 1. The minimum absolute atomic E-state index is 0.128. The van der Waals surface area contributed by atoms with Crippen molar-refractivity contribution in [3.8, 4) is 0 Å². The molecule has 0 aliphatic carbocycles. The smallest absolute Gasteiger partial charge is 0.241 e. The van der Waals surface area contributed by atoms with Gasteiger partial charge in [0.2, 0.25) is 5.91 Å². The molecule has 3 N–H and O–H groups in total. The Morgan fingerprint density at radius 1 is 1.12 bits per heavy atom. The van der Waals surface area contributed by atoms with E-state index in [-0.39, 0.29) is 17.8 Å². The van der Waals surface area contributed by atoms with Gasteiger partial charge in [-0.1, -0.05) is 12.1 Å². The van der Waals surface area contributed by atoms with Crippen molar-refractivity contribution in [2.24, 2.45) is 5.92 Å². The molecule has 142 valence electrons. The van der Waals surface area contributed by atoms with E-state index in [1.807, 2.05) is 17.0 Å². The maximum Gasteiger partial charge on any atom is 0.241 e. The second kappa shape index (κ2) is 8.00. The Morgan fingerprint density at radius 2 is 1.96 bits per heavy atom. The molecule has 1 aromatic rings. The van der Waals surface area contributed by atoms with Crippen molar-refractivity contribution in [3.63, 3.8) is 0 Å². The number of halogens is 1. The van der Waals surface area contributed by atoms with Crippen molar-refractivity contribution in [2.75, 3.05) is 39.3 Å². The van der Waals surface area contributed by atoms with Crippen LogP contribution in [0.15, 0.2) is 24.3 Å². The van der Waals surface area contributed by atoms with E-state index in [0.717, 1.165) is 64.2 Å². The predicted molar refractivity (Wildman–Crippen MR) is 97.7 cm³/mol. The van der Waals surface area contributed by atoms with Gasteiger partial charge < -0.3 is 10.2 Å². The highest BCUT2D eigenvalue weighted by atomic mass is 19.1. The number of benzene rings is 1. The fourth-order valence-electron chi connectivity index (χ4n) is 4.35. The summed E-state index contributed by atoms with van der Waals surface area (Å²) in [6.07, 6.45) is 2.03. The summed E-state index contributed by atoms with van der Waals surface area (Å²) in [5.41, 5.74) is 7.67. The van der Waals surface area contributed by atoms with Gasteiger partial charge in [-0.05, 0) is 37.1 Å². The average Bonchev–Trinajstić information content (AvgIpc) is 2.95. The van der Waals surface area contributed by atoms with Gasteiger partial charge in [-0.15, -0.1) is 0 Å². The third-order valence-electron chi connectivity index (χ3n) is 5.87. The summed E-state index contributed by atoms with van der Waals surface area (Å²) in [6.45, 7) is 6.09. The van der Waals surface area contributed by atoms with Gasteiger partial charge in [-0.2, -0.15) is 0 Å². The Bertz CT molecular complexity index is 625. The van der Waals surface area contributed by atoms with Crippen LogP contribution in [0.5, 0.6) is 0 Å². The Kier molecular flexibility index (Phi) is 5.49. The van der Waals surface area contributed by atoms with E-state index < -0.39 is 0 Å². The van der Waals surface area contributed by atoms with Gasteiger partial charge in [-0.3, -0.25) is 15.1 Å². The molecule has 3 fully saturated rings. The van der Waals surface area contributed by atoms with Crippen molar-refractivity contribution in [1.29, 1.82) is 0 Å². The maximum absolute atomic E-state index is 13.1. The zero-order valence-electron chi connectivity index (χ0n) is 15.1. The van der Waals surface area contributed by atoms with E-state index in [2.05, 4.69) is 21.1 Å². The SMILES string of the molecule is O=C(C1NNC2CCNCC21)N1CCCN(Cc2ccc(F)cc2)CC1. The molecule has 7 heteroatoms. The molecule has 0 radical (unpaired) electrons. The van der Waals surface area contributed by atoms with Gasteiger partial charge in [-0.25, -0.2) is 9.82 Å². The molecule has 4 rings (SSSR count). The number of hydrazine groups is 1. The minimum atomic E-state index is -0.199. The zero-order valence-corrected chi connectivity index (χ0v) is 15.1.